The van der Waals surface area contributed by atoms with Crippen molar-refractivity contribution >= 4 is 115 Å². The van der Waals surface area contributed by atoms with Gasteiger partial charge < -0.3 is 4.57 Å². The van der Waals surface area contributed by atoms with E-state index in [4.69, 9.17) is 0 Å². The van der Waals surface area contributed by atoms with Crippen LogP contribution in [0.2, 0.25) is 0 Å². The Kier molecular flexibility index (Phi) is 8.48. The lowest BCUT2D eigenvalue weighted by atomic mass is 9.98. The molecule has 13 aromatic rings. The molecular weight excluding hydrogens is 851 g/mol. The first-order valence-corrected chi connectivity index (χ1v) is 26.3. The third kappa shape index (κ3) is 5.66. The quantitative estimate of drug-likeness (QED) is 0.156. The molecule has 0 bridgehead atoms. The largest absolute Gasteiger partial charge is 0.309 e. The second kappa shape index (κ2) is 14.8. The van der Waals surface area contributed by atoms with Crippen molar-refractivity contribution in [3.05, 3.63) is 237 Å². The summed E-state index contributed by atoms with van der Waals surface area (Å²) in [5, 5.41) is 15.9. The predicted molar refractivity (Wildman–Crippen MR) is 287 cm³/mol. The highest BCUT2D eigenvalue weighted by Crippen LogP contribution is 2.40. The standard InChI is InChI=1S/C62H39NS2Si/c1-2-13-40(14-3-1)41-25-26-43-36-46(28-27-42(43)35-41)50-18-12-23-59-62(50)66(61-24-11-10-22-58(61)65-59,49-33-34-54-53-17-6-9-21-57(53)64-60(54)39-49)48-32-30-44-37-47(31-29-45(44)38-48)63-55-19-7-4-15-51(55)52-16-5-8-20-56(52)63/h1-39H. The molecule has 1 aliphatic heterocycles. The minimum Gasteiger partial charge on any atom is -0.309 e. The van der Waals surface area contributed by atoms with E-state index in [1.165, 1.54) is 122 Å². The summed E-state index contributed by atoms with van der Waals surface area (Å²) in [6, 6.07) is 89.5. The van der Waals surface area contributed by atoms with E-state index in [0.717, 1.165) is 0 Å². The van der Waals surface area contributed by atoms with Crippen molar-refractivity contribution < 1.29 is 0 Å². The number of thiophene rings is 1. The molecule has 0 radical (unpaired) electrons. The minimum absolute atomic E-state index is 1.18. The van der Waals surface area contributed by atoms with Gasteiger partial charge >= 0.3 is 0 Å². The number of para-hydroxylation sites is 2. The van der Waals surface area contributed by atoms with Gasteiger partial charge in [0, 0.05) is 46.4 Å². The predicted octanol–water partition coefficient (Wildman–Crippen LogP) is 14.6. The summed E-state index contributed by atoms with van der Waals surface area (Å²) in [5.74, 6) is 0. The molecule has 0 saturated heterocycles. The van der Waals surface area contributed by atoms with Gasteiger partial charge in [-0.1, -0.05) is 188 Å². The van der Waals surface area contributed by atoms with Crippen LogP contribution in [0.25, 0.3) is 91.5 Å². The Hall–Kier alpha value is -7.47. The Labute approximate surface area is 391 Å². The van der Waals surface area contributed by atoms with E-state index in [-0.39, 0.29) is 0 Å². The van der Waals surface area contributed by atoms with Crippen LogP contribution in [0.3, 0.4) is 0 Å². The molecule has 0 saturated carbocycles. The fraction of sp³-hybridized carbons (Fsp3) is 0. The summed E-state index contributed by atoms with van der Waals surface area (Å²) >= 11 is 3.85. The van der Waals surface area contributed by atoms with Crippen LogP contribution in [0.5, 0.6) is 0 Å². The Balaban J connectivity index is 1.02. The zero-order chi connectivity index (χ0) is 43.3. The fourth-order valence-electron chi connectivity index (χ4n) is 11.1. The lowest BCUT2D eigenvalue weighted by Gasteiger charge is -2.41. The average Bonchev–Trinajstić information content (AvgIpc) is 3.93. The number of benzene rings is 11. The number of aromatic nitrogens is 1. The van der Waals surface area contributed by atoms with Gasteiger partial charge in [0.25, 0.3) is 0 Å². The van der Waals surface area contributed by atoms with Crippen molar-refractivity contribution in [3.8, 4) is 27.9 Å². The highest BCUT2D eigenvalue weighted by molar-refractivity contribution is 8.00. The molecule has 14 rings (SSSR count). The molecule has 0 N–H and O–H groups in total. The summed E-state index contributed by atoms with van der Waals surface area (Å²) in [4.78, 5) is 2.69. The lowest BCUT2D eigenvalue weighted by Crippen LogP contribution is -2.76. The van der Waals surface area contributed by atoms with Crippen molar-refractivity contribution in [2.75, 3.05) is 0 Å². The van der Waals surface area contributed by atoms with Crippen molar-refractivity contribution in [1.29, 1.82) is 0 Å². The topological polar surface area (TPSA) is 4.93 Å². The molecule has 1 aliphatic rings. The van der Waals surface area contributed by atoms with E-state index in [2.05, 4.69) is 241 Å². The van der Waals surface area contributed by atoms with Crippen LogP contribution >= 0.6 is 23.1 Å². The second-order valence-electron chi connectivity index (χ2n) is 17.6. The van der Waals surface area contributed by atoms with E-state index in [0.29, 0.717) is 0 Å². The van der Waals surface area contributed by atoms with E-state index in [1.807, 2.05) is 23.1 Å². The zero-order valence-corrected chi connectivity index (χ0v) is 38.4. The highest BCUT2D eigenvalue weighted by atomic mass is 32.2. The van der Waals surface area contributed by atoms with E-state index < -0.39 is 8.07 Å². The molecule has 66 heavy (non-hydrogen) atoms. The first-order chi connectivity index (χ1) is 32.7. The minimum atomic E-state index is -3.07. The van der Waals surface area contributed by atoms with Gasteiger partial charge in [0.15, 0.2) is 8.07 Å². The Morgan fingerprint density at radius 3 is 1.77 bits per heavy atom. The van der Waals surface area contributed by atoms with Gasteiger partial charge in [0.2, 0.25) is 0 Å². The number of fused-ring (bicyclic) bond motifs is 10. The number of hydrogen-bond acceptors (Lipinski definition) is 2. The molecule has 1 nitrogen and oxygen atoms in total. The van der Waals surface area contributed by atoms with E-state index >= 15 is 0 Å². The highest BCUT2D eigenvalue weighted by Gasteiger charge is 2.48. The van der Waals surface area contributed by atoms with Gasteiger partial charge in [-0.2, -0.15) is 0 Å². The van der Waals surface area contributed by atoms with Crippen molar-refractivity contribution in [1.82, 2.24) is 4.57 Å². The molecular formula is C62H39NS2Si. The molecule has 0 aliphatic carbocycles. The molecule has 1 unspecified atom stereocenters. The lowest BCUT2D eigenvalue weighted by molar-refractivity contribution is 1.19. The Morgan fingerprint density at radius 1 is 0.348 bits per heavy atom. The molecule has 0 fully saturated rings. The Bertz CT molecular complexity index is 4050. The van der Waals surface area contributed by atoms with E-state index in [1.54, 1.807) is 0 Å². The van der Waals surface area contributed by atoms with Crippen molar-refractivity contribution in [2.24, 2.45) is 0 Å². The third-order valence-corrected chi connectivity index (χ3v) is 21.6. The monoisotopic (exact) mass is 889 g/mol. The van der Waals surface area contributed by atoms with Crippen molar-refractivity contribution in [3.63, 3.8) is 0 Å². The molecule has 2 aromatic heterocycles. The van der Waals surface area contributed by atoms with Gasteiger partial charge in [-0.3, -0.25) is 0 Å². The molecule has 11 aromatic carbocycles. The normalized spacial score (nSPS) is 14.7. The van der Waals surface area contributed by atoms with Crippen molar-refractivity contribution in [2.45, 2.75) is 9.79 Å². The average molecular weight is 890 g/mol. The van der Waals surface area contributed by atoms with Gasteiger partial charge in [-0.25, -0.2) is 0 Å². The number of nitrogens with zero attached hydrogens (tertiary/aromatic N) is 1. The van der Waals surface area contributed by atoms with Crippen LogP contribution in [-0.4, -0.2) is 12.6 Å². The summed E-state index contributed by atoms with van der Waals surface area (Å²) in [6.45, 7) is 0. The fourth-order valence-corrected chi connectivity index (χ4v) is 19.6. The van der Waals surface area contributed by atoms with Crippen LogP contribution in [0.15, 0.2) is 246 Å². The van der Waals surface area contributed by atoms with Crippen LogP contribution in [0, 0.1) is 0 Å². The van der Waals surface area contributed by atoms with E-state index in [9.17, 15) is 0 Å². The van der Waals surface area contributed by atoms with Crippen LogP contribution in [-0.2, 0) is 0 Å². The molecule has 0 spiro atoms. The molecule has 3 heterocycles. The van der Waals surface area contributed by atoms with Gasteiger partial charge in [0.1, 0.15) is 0 Å². The Morgan fingerprint density at radius 2 is 0.939 bits per heavy atom. The van der Waals surface area contributed by atoms with Crippen LogP contribution in [0.4, 0.5) is 0 Å². The molecule has 308 valence electrons. The maximum Gasteiger partial charge on any atom is 0.182 e. The maximum absolute atomic E-state index is 3.07. The molecule has 1 atom stereocenters. The first-order valence-electron chi connectivity index (χ1n) is 22.6. The third-order valence-electron chi connectivity index (χ3n) is 14.1. The number of rotatable bonds is 5. The SMILES string of the molecule is c1ccc(-c2ccc3cc(-c4cccc5c4[Si](c4ccc6cc(-n7c8ccccc8c8ccccc87)ccc6c4)(c4ccc6c(c4)sc4ccccc46)c4ccccc4S5)ccc3c2)cc1. The van der Waals surface area contributed by atoms with Crippen LogP contribution in [0.1, 0.15) is 0 Å². The zero-order valence-electron chi connectivity index (χ0n) is 35.8. The molecule has 4 heteroatoms. The van der Waals surface area contributed by atoms with Gasteiger partial charge in [-0.15, -0.1) is 11.3 Å². The smallest absolute Gasteiger partial charge is 0.182 e. The van der Waals surface area contributed by atoms with Gasteiger partial charge in [-0.05, 0) is 125 Å². The number of hydrogen-bond donors (Lipinski definition) is 0. The summed E-state index contributed by atoms with van der Waals surface area (Å²) in [5.41, 5.74) is 8.67. The summed E-state index contributed by atoms with van der Waals surface area (Å²) in [7, 11) is -3.07. The first kappa shape index (κ1) is 37.9. The maximum atomic E-state index is 2.57. The van der Waals surface area contributed by atoms with Gasteiger partial charge in [0.05, 0.1) is 11.0 Å². The second-order valence-corrected chi connectivity index (χ2v) is 23.5. The molecule has 0 amide bonds. The summed E-state index contributed by atoms with van der Waals surface area (Å²) < 4.78 is 5.10. The summed E-state index contributed by atoms with van der Waals surface area (Å²) in [6.07, 6.45) is 0. The van der Waals surface area contributed by atoms with Crippen LogP contribution < -0.4 is 20.7 Å².